The molecule has 126 valence electrons. The molecule has 5 nitrogen and oxygen atoms in total. The zero-order valence-corrected chi connectivity index (χ0v) is 13.6. The first-order valence-electron chi connectivity index (χ1n) is 8.19. The molecule has 1 aromatic carbocycles. The molecule has 2 fully saturated rings. The molecule has 0 aromatic heterocycles. The maximum atomic E-state index is 12.9. The number of nitrogens with one attached hydrogen (secondary N) is 2. The molecule has 2 N–H and O–H groups in total. The van der Waals surface area contributed by atoms with E-state index in [-0.39, 0.29) is 11.9 Å². The van der Waals surface area contributed by atoms with Crippen molar-refractivity contribution in [3.05, 3.63) is 30.1 Å². The molecule has 0 radical (unpaired) electrons. The van der Waals surface area contributed by atoms with Gasteiger partial charge in [0, 0.05) is 7.05 Å². The molecule has 23 heavy (non-hydrogen) atoms. The van der Waals surface area contributed by atoms with Crippen molar-refractivity contribution in [2.24, 2.45) is 4.99 Å². The van der Waals surface area contributed by atoms with Crippen molar-refractivity contribution in [2.45, 2.75) is 50.5 Å². The van der Waals surface area contributed by atoms with Crippen LogP contribution in [0.1, 0.15) is 26.2 Å². The van der Waals surface area contributed by atoms with Crippen molar-refractivity contribution >= 4 is 5.96 Å². The highest BCUT2D eigenvalue weighted by atomic mass is 19.1. The first-order valence-corrected chi connectivity index (χ1v) is 8.19. The van der Waals surface area contributed by atoms with E-state index in [9.17, 15) is 4.39 Å². The first-order chi connectivity index (χ1) is 11.1. The molecular weight excluding hydrogens is 297 g/mol. The molecule has 3 rings (SSSR count). The largest absolute Gasteiger partial charge is 0.489 e. The number of aliphatic imine (C=N–C) groups is 1. The first kappa shape index (κ1) is 16.1. The predicted octanol–water partition coefficient (Wildman–Crippen LogP) is 2.08. The Labute approximate surface area is 136 Å². The SMILES string of the molecule is CN=C(NCC(C)Oc1ccc(F)cc1)NC1CC2CCC1O2. The van der Waals surface area contributed by atoms with E-state index in [4.69, 9.17) is 9.47 Å². The third kappa shape index (κ3) is 4.13. The minimum absolute atomic E-state index is 0.0599. The molecule has 2 heterocycles. The monoisotopic (exact) mass is 321 g/mol. The van der Waals surface area contributed by atoms with Gasteiger partial charge in [-0.3, -0.25) is 4.99 Å². The summed E-state index contributed by atoms with van der Waals surface area (Å²) in [6.45, 7) is 2.57. The maximum Gasteiger partial charge on any atom is 0.191 e. The summed E-state index contributed by atoms with van der Waals surface area (Å²) in [4.78, 5) is 4.26. The van der Waals surface area contributed by atoms with Crippen LogP contribution in [-0.2, 0) is 4.74 Å². The summed E-state index contributed by atoms with van der Waals surface area (Å²) in [6, 6.07) is 6.39. The van der Waals surface area contributed by atoms with Gasteiger partial charge in [-0.1, -0.05) is 0 Å². The lowest BCUT2D eigenvalue weighted by atomic mass is 9.96. The van der Waals surface area contributed by atoms with Gasteiger partial charge < -0.3 is 20.1 Å². The van der Waals surface area contributed by atoms with Crippen LogP contribution in [0.4, 0.5) is 4.39 Å². The molecular formula is C17H24FN3O2. The van der Waals surface area contributed by atoms with Gasteiger partial charge >= 0.3 is 0 Å². The summed E-state index contributed by atoms with van der Waals surface area (Å²) in [5, 5.41) is 6.70. The molecule has 4 atom stereocenters. The van der Waals surface area contributed by atoms with Crippen LogP contribution < -0.4 is 15.4 Å². The van der Waals surface area contributed by atoms with Crippen LogP contribution in [0.2, 0.25) is 0 Å². The van der Waals surface area contributed by atoms with Crippen molar-refractivity contribution in [3.63, 3.8) is 0 Å². The third-order valence-corrected chi connectivity index (χ3v) is 4.36. The second kappa shape index (κ2) is 7.17. The second-order valence-corrected chi connectivity index (χ2v) is 6.20. The Balaban J connectivity index is 1.43. The van der Waals surface area contributed by atoms with Gasteiger partial charge in [0.15, 0.2) is 5.96 Å². The van der Waals surface area contributed by atoms with Crippen molar-refractivity contribution < 1.29 is 13.9 Å². The second-order valence-electron chi connectivity index (χ2n) is 6.20. The van der Waals surface area contributed by atoms with Crippen molar-refractivity contribution in [3.8, 4) is 5.75 Å². The summed E-state index contributed by atoms with van der Waals surface area (Å²) in [5.41, 5.74) is 0. The number of hydrogen-bond acceptors (Lipinski definition) is 3. The topological polar surface area (TPSA) is 54.9 Å². The Kier molecular flexibility index (Phi) is 5.00. The fourth-order valence-corrected chi connectivity index (χ4v) is 3.19. The summed E-state index contributed by atoms with van der Waals surface area (Å²) in [5.74, 6) is 1.16. The van der Waals surface area contributed by atoms with Crippen LogP contribution >= 0.6 is 0 Å². The molecule has 2 saturated heterocycles. The molecule has 0 aliphatic carbocycles. The minimum atomic E-state index is -0.263. The van der Waals surface area contributed by atoms with Crippen LogP contribution in [0.15, 0.2) is 29.3 Å². The van der Waals surface area contributed by atoms with E-state index in [1.54, 1.807) is 19.2 Å². The quantitative estimate of drug-likeness (QED) is 0.644. The van der Waals surface area contributed by atoms with Crippen LogP contribution in [0.3, 0.4) is 0 Å². The van der Waals surface area contributed by atoms with Crippen LogP contribution in [0, 0.1) is 5.82 Å². The van der Waals surface area contributed by atoms with Gasteiger partial charge in [-0.15, -0.1) is 0 Å². The third-order valence-electron chi connectivity index (χ3n) is 4.36. The van der Waals surface area contributed by atoms with Gasteiger partial charge in [0.2, 0.25) is 0 Å². The number of hydrogen-bond donors (Lipinski definition) is 2. The summed E-state index contributed by atoms with van der Waals surface area (Å²) in [7, 11) is 1.76. The molecule has 6 heteroatoms. The molecule has 2 aliphatic heterocycles. The molecule has 2 bridgehead atoms. The summed E-state index contributed by atoms with van der Waals surface area (Å²) < 4.78 is 24.5. The lowest BCUT2D eigenvalue weighted by Crippen LogP contribution is -2.49. The fourth-order valence-electron chi connectivity index (χ4n) is 3.19. The molecule has 4 unspecified atom stereocenters. The fraction of sp³-hybridized carbons (Fsp3) is 0.588. The van der Waals surface area contributed by atoms with E-state index in [1.807, 2.05) is 6.92 Å². The van der Waals surface area contributed by atoms with Crippen LogP contribution in [-0.4, -0.2) is 43.9 Å². The Morgan fingerprint density at radius 2 is 2.17 bits per heavy atom. The Hall–Kier alpha value is -1.82. The Morgan fingerprint density at radius 3 is 2.78 bits per heavy atom. The molecule has 1 aromatic rings. The lowest BCUT2D eigenvalue weighted by Gasteiger charge is -2.23. The number of guanidine groups is 1. The van der Waals surface area contributed by atoms with Crippen molar-refractivity contribution in [2.75, 3.05) is 13.6 Å². The average Bonchev–Trinajstić information content (AvgIpc) is 3.16. The van der Waals surface area contributed by atoms with E-state index in [0.717, 1.165) is 18.8 Å². The number of rotatable bonds is 5. The van der Waals surface area contributed by atoms with Gasteiger partial charge in [0.1, 0.15) is 17.7 Å². The average molecular weight is 321 g/mol. The van der Waals surface area contributed by atoms with E-state index >= 15 is 0 Å². The van der Waals surface area contributed by atoms with Gasteiger partial charge in [-0.25, -0.2) is 4.39 Å². The van der Waals surface area contributed by atoms with E-state index in [2.05, 4.69) is 15.6 Å². The van der Waals surface area contributed by atoms with Gasteiger partial charge in [-0.2, -0.15) is 0 Å². The normalized spacial score (nSPS) is 27.8. The lowest BCUT2D eigenvalue weighted by molar-refractivity contribution is 0.0992. The van der Waals surface area contributed by atoms with E-state index in [1.165, 1.54) is 18.6 Å². The highest BCUT2D eigenvalue weighted by Gasteiger charge is 2.41. The van der Waals surface area contributed by atoms with E-state index in [0.29, 0.717) is 30.5 Å². The summed E-state index contributed by atoms with van der Waals surface area (Å²) in [6.07, 6.45) is 4.02. The van der Waals surface area contributed by atoms with Gasteiger partial charge in [0.25, 0.3) is 0 Å². The molecule has 0 saturated carbocycles. The standard InChI is InChI=1S/C17H24FN3O2/c1-11(22-13-5-3-12(18)4-6-13)10-20-17(19-2)21-15-9-14-7-8-16(15)23-14/h3-6,11,14-16H,7-10H2,1-2H3,(H2,19,20,21). The van der Waals surface area contributed by atoms with Gasteiger partial charge in [-0.05, 0) is 50.5 Å². The summed E-state index contributed by atoms with van der Waals surface area (Å²) >= 11 is 0. The molecule has 0 amide bonds. The van der Waals surface area contributed by atoms with Crippen LogP contribution in [0.5, 0.6) is 5.75 Å². The van der Waals surface area contributed by atoms with Crippen molar-refractivity contribution in [1.29, 1.82) is 0 Å². The maximum absolute atomic E-state index is 12.9. The number of nitrogens with zero attached hydrogens (tertiary/aromatic N) is 1. The highest BCUT2D eigenvalue weighted by molar-refractivity contribution is 5.80. The molecule has 2 aliphatic rings. The minimum Gasteiger partial charge on any atom is -0.489 e. The van der Waals surface area contributed by atoms with Crippen molar-refractivity contribution in [1.82, 2.24) is 10.6 Å². The Morgan fingerprint density at radius 1 is 1.39 bits per heavy atom. The number of ether oxygens (including phenoxy) is 2. The Bertz CT molecular complexity index is 549. The number of fused-ring (bicyclic) bond motifs is 2. The molecule has 0 spiro atoms. The van der Waals surface area contributed by atoms with E-state index < -0.39 is 0 Å². The number of benzene rings is 1. The van der Waals surface area contributed by atoms with Gasteiger partial charge in [0.05, 0.1) is 24.8 Å². The smallest absolute Gasteiger partial charge is 0.191 e. The zero-order chi connectivity index (χ0) is 16.2. The zero-order valence-electron chi connectivity index (χ0n) is 13.6. The number of halogens is 1. The van der Waals surface area contributed by atoms with Crippen LogP contribution in [0.25, 0.3) is 0 Å². The highest BCUT2D eigenvalue weighted by Crippen LogP contribution is 2.34. The predicted molar refractivity (Wildman–Crippen MR) is 87.3 cm³/mol.